The van der Waals surface area contributed by atoms with Gasteiger partial charge in [0.2, 0.25) is 0 Å². The number of fused-ring (bicyclic) bond motifs is 1. The minimum atomic E-state index is -0.0820. The van der Waals surface area contributed by atoms with E-state index in [0.29, 0.717) is 12.1 Å². The fourth-order valence-electron chi connectivity index (χ4n) is 2.02. The van der Waals surface area contributed by atoms with E-state index in [0.717, 1.165) is 16.9 Å². The van der Waals surface area contributed by atoms with E-state index < -0.39 is 0 Å². The maximum Gasteiger partial charge on any atom is 0.251 e. The molecule has 2 aromatic rings. The summed E-state index contributed by atoms with van der Waals surface area (Å²) in [7, 11) is 5.99. The number of likely N-dealkylation sites (N-methyl/N-ethyl adjacent to an activating group) is 1. The van der Waals surface area contributed by atoms with Crippen molar-refractivity contribution >= 4 is 16.9 Å². The maximum absolute atomic E-state index is 12.3. The molecule has 0 radical (unpaired) electrons. The molecule has 1 N–H and O–H groups in total. The predicted octanol–water partition coefficient (Wildman–Crippen LogP) is 1.95. The number of rotatable bonds is 4. The van der Waals surface area contributed by atoms with Crippen LogP contribution in [0.25, 0.3) is 11.0 Å². The SMILES string of the molecule is Cc1nc2cc(C(=O)NCC(C)(C)N(C)C)ccc2n1C. The number of carbonyl (C=O) groups excluding carboxylic acids is 1. The molecule has 0 saturated heterocycles. The van der Waals surface area contributed by atoms with Crippen LogP contribution in [0.5, 0.6) is 0 Å². The Morgan fingerprint density at radius 1 is 1.38 bits per heavy atom. The van der Waals surface area contributed by atoms with Gasteiger partial charge in [-0.25, -0.2) is 4.98 Å². The molecular weight excluding hydrogens is 264 g/mol. The van der Waals surface area contributed by atoms with Crippen LogP contribution < -0.4 is 5.32 Å². The largest absolute Gasteiger partial charge is 0.350 e. The number of hydrogen-bond acceptors (Lipinski definition) is 3. The second-order valence-corrected chi connectivity index (χ2v) is 6.31. The van der Waals surface area contributed by atoms with Gasteiger partial charge in [-0.05, 0) is 53.1 Å². The monoisotopic (exact) mass is 288 g/mol. The Balaban J connectivity index is 2.17. The number of amides is 1. The molecular formula is C16H24N4O. The summed E-state index contributed by atoms with van der Waals surface area (Å²) in [5.41, 5.74) is 2.46. The van der Waals surface area contributed by atoms with E-state index in [-0.39, 0.29) is 11.4 Å². The third-order valence-electron chi connectivity index (χ3n) is 4.26. The van der Waals surface area contributed by atoms with Crippen molar-refractivity contribution in [1.29, 1.82) is 0 Å². The molecule has 5 nitrogen and oxygen atoms in total. The third kappa shape index (κ3) is 3.08. The highest BCUT2D eigenvalue weighted by Crippen LogP contribution is 2.16. The maximum atomic E-state index is 12.3. The minimum absolute atomic E-state index is 0.0601. The van der Waals surface area contributed by atoms with Gasteiger partial charge in [0, 0.05) is 24.7 Å². The van der Waals surface area contributed by atoms with E-state index in [1.54, 1.807) is 0 Å². The number of carbonyl (C=O) groups is 1. The summed E-state index contributed by atoms with van der Waals surface area (Å²) < 4.78 is 2.02. The predicted molar refractivity (Wildman–Crippen MR) is 85.6 cm³/mol. The molecule has 2 rings (SSSR count). The molecule has 1 aromatic carbocycles. The van der Waals surface area contributed by atoms with E-state index >= 15 is 0 Å². The van der Waals surface area contributed by atoms with Gasteiger partial charge in [0.25, 0.3) is 5.91 Å². The average Bonchev–Trinajstić information content (AvgIpc) is 2.71. The summed E-state index contributed by atoms with van der Waals surface area (Å²) in [4.78, 5) is 18.8. The molecule has 0 aliphatic rings. The number of nitrogens with zero attached hydrogens (tertiary/aromatic N) is 3. The molecule has 0 spiro atoms. The Hall–Kier alpha value is -1.88. The molecule has 0 fully saturated rings. The van der Waals surface area contributed by atoms with Gasteiger partial charge in [-0.3, -0.25) is 4.79 Å². The quantitative estimate of drug-likeness (QED) is 0.935. The number of hydrogen-bond donors (Lipinski definition) is 1. The average molecular weight is 288 g/mol. The first-order valence-electron chi connectivity index (χ1n) is 7.11. The Kier molecular flexibility index (Phi) is 4.05. The van der Waals surface area contributed by atoms with Gasteiger partial charge < -0.3 is 14.8 Å². The zero-order chi connectivity index (χ0) is 15.8. The van der Waals surface area contributed by atoms with Crippen LogP contribution in [0.15, 0.2) is 18.2 Å². The molecule has 1 heterocycles. The normalized spacial score (nSPS) is 12.1. The topological polar surface area (TPSA) is 50.2 Å². The first-order valence-corrected chi connectivity index (χ1v) is 7.11. The number of aryl methyl sites for hydroxylation is 2. The zero-order valence-corrected chi connectivity index (χ0v) is 13.7. The third-order valence-corrected chi connectivity index (χ3v) is 4.26. The van der Waals surface area contributed by atoms with Crippen LogP contribution in [0.3, 0.4) is 0 Å². The van der Waals surface area contributed by atoms with Crippen molar-refractivity contribution in [3.05, 3.63) is 29.6 Å². The molecule has 0 unspecified atom stereocenters. The zero-order valence-electron chi connectivity index (χ0n) is 13.7. The molecule has 0 bridgehead atoms. The lowest BCUT2D eigenvalue weighted by atomic mass is 10.0. The van der Waals surface area contributed by atoms with Crippen LogP contribution in [-0.2, 0) is 7.05 Å². The molecule has 0 aliphatic carbocycles. The molecule has 114 valence electrons. The smallest absolute Gasteiger partial charge is 0.251 e. The van der Waals surface area contributed by atoms with Gasteiger partial charge in [-0.2, -0.15) is 0 Å². The van der Waals surface area contributed by atoms with Gasteiger partial charge in [0.1, 0.15) is 5.82 Å². The van der Waals surface area contributed by atoms with Crippen molar-refractivity contribution in [3.63, 3.8) is 0 Å². The summed E-state index contributed by atoms with van der Waals surface area (Å²) >= 11 is 0. The molecule has 0 aliphatic heterocycles. The lowest BCUT2D eigenvalue weighted by Gasteiger charge is -2.32. The summed E-state index contributed by atoms with van der Waals surface area (Å²) in [5.74, 6) is 0.881. The fourth-order valence-corrected chi connectivity index (χ4v) is 2.02. The van der Waals surface area contributed by atoms with Crippen LogP contribution in [0, 0.1) is 6.92 Å². The Bertz CT molecular complexity index is 670. The highest BCUT2D eigenvalue weighted by Gasteiger charge is 2.21. The first-order chi connectivity index (χ1) is 9.72. The molecule has 0 saturated carbocycles. The second kappa shape index (κ2) is 5.48. The number of nitrogens with one attached hydrogen (secondary N) is 1. The van der Waals surface area contributed by atoms with Gasteiger partial charge >= 0.3 is 0 Å². The lowest BCUT2D eigenvalue weighted by Crippen LogP contribution is -2.48. The van der Waals surface area contributed by atoms with Crippen molar-refractivity contribution in [1.82, 2.24) is 19.8 Å². The number of imidazole rings is 1. The van der Waals surface area contributed by atoms with E-state index in [2.05, 4.69) is 29.0 Å². The standard InChI is InChI=1S/C16H24N4O/c1-11-18-13-9-12(7-8-14(13)20(11)6)15(21)17-10-16(2,3)19(4)5/h7-9H,10H2,1-6H3,(H,17,21). The van der Waals surface area contributed by atoms with E-state index in [1.807, 2.05) is 50.8 Å². The first kappa shape index (κ1) is 15.5. The second-order valence-electron chi connectivity index (χ2n) is 6.31. The molecule has 1 aromatic heterocycles. The summed E-state index contributed by atoms with van der Waals surface area (Å²) in [6, 6.07) is 5.64. The Morgan fingerprint density at radius 3 is 2.67 bits per heavy atom. The molecule has 1 amide bonds. The van der Waals surface area contributed by atoms with E-state index in [4.69, 9.17) is 0 Å². The van der Waals surface area contributed by atoms with Crippen LogP contribution >= 0.6 is 0 Å². The number of benzene rings is 1. The molecule has 0 atom stereocenters. The highest BCUT2D eigenvalue weighted by atomic mass is 16.1. The van der Waals surface area contributed by atoms with E-state index in [1.165, 1.54) is 0 Å². The van der Waals surface area contributed by atoms with Crippen molar-refractivity contribution in [2.75, 3.05) is 20.6 Å². The minimum Gasteiger partial charge on any atom is -0.350 e. The summed E-state index contributed by atoms with van der Waals surface area (Å²) in [6.07, 6.45) is 0. The lowest BCUT2D eigenvalue weighted by molar-refractivity contribution is 0.0920. The van der Waals surface area contributed by atoms with Gasteiger partial charge in [-0.1, -0.05) is 0 Å². The van der Waals surface area contributed by atoms with Gasteiger partial charge in [0.15, 0.2) is 0 Å². The Labute approximate surface area is 126 Å². The van der Waals surface area contributed by atoms with Crippen LogP contribution in [0.2, 0.25) is 0 Å². The fraction of sp³-hybridized carbons (Fsp3) is 0.500. The summed E-state index contributed by atoms with van der Waals surface area (Å²) in [5, 5.41) is 2.99. The van der Waals surface area contributed by atoms with Gasteiger partial charge in [0.05, 0.1) is 11.0 Å². The van der Waals surface area contributed by atoms with Crippen molar-refractivity contribution in [3.8, 4) is 0 Å². The van der Waals surface area contributed by atoms with Crippen molar-refractivity contribution in [2.45, 2.75) is 26.3 Å². The van der Waals surface area contributed by atoms with Crippen molar-refractivity contribution in [2.24, 2.45) is 7.05 Å². The van der Waals surface area contributed by atoms with Crippen LogP contribution in [-0.4, -0.2) is 46.5 Å². The van der Waals surface area contributed by atoms with E-state index in [9.17, 15) is 4.79 Å². The number of aromatic nitrogens is 2. The van der Waals surface area contributed by atoms with Crippen LogP contribution in [0.1, 0.15) is 30.0 Å². The van der Waals surface area contributed by atoms with Gasteiger partial charge in [-0.15, -0.1) is 0 Å². The summed E-state index contributed by atoms with van der Waals surface area (Å²) in [6.45, 7) is 6.74. The van der Waals surface area contributed by atoms with Crippen molar-refractivity contribution < 1.29 is 4.79 Å². The Morgan fingerprint density at radius 2 is 2.05 bits per heavy atom. The highest BCUT2D eigenvalue weighted by molar-refractivity contribution is 5.97. The van der Waals surface area contributed by atoms with Crippen LogP contribution in [0.4, 0.5) is 0 Å². The molecule has 5 heteroatoms. The molecule has 21 heavy (non-hydrogen) atoms.